The van der Waals surface area contributed by atoms with Crippen LogP contribution in [0.3, 0.4) is 0 Å². The highest BCUT2D eigenvalue weighted by Crippen LogP contribution is 2.30. The van der Waals surface area contributed by atoms with E-state index in [9.17, 15) is 8.42 Å². The van der Waals surface area contributed by atoms with Crippen molar-refractivity contribution >= 4 is 9.84 Å². The van der Waals surface area contributed by atoms with Crippen LogP contribution in [0, 0.1) is 0 Å². The van der Waals surface area contributed by atoms with Crippen LogP contribution in [-0.2, 0) is 9.84 Å². The Bertz CT molecular complexity index is 731. The van der Waals surface area contributed by atoms with Crippen LogP contribution >= 0.6 is 0 Å². The summed E-state index contributed by atoms with van der Waals surface area (Å²) in [6.45, 7) is 5.83. The van der Waals surface area contributed by atoms with Crippen LogP contribution in [0.25, 0.3) is 0 Å². The molecule has 5 heteroatoms. The average molecular weight is 317 g/mol. The molecule has 1 aromatic carbocycles. The van der Waals surface area contributed by atoms with Crippen molar-refractivity contribution in [1.82, 2.24) is 5.32 Å². The number of rotatable bonds is 7. The van der Waals surface area contributed by atoms with Crippen LogP contribution in [0.5, 0.6) is 0 Å². The summed E-state index contributed by atoms with van der Waals surface area (Å²) in [7, 11) is -3.60. The lowest BCUT2D eigenvalue weighted by Gasteiger charge is -2.19. The fourth-order valence-electron chi connectivity index (χ4n) is 2.21. The van der Waals surface area contributed by atoms with Crippen molar-refractivity contribution in [3.05, 3.63) is 78.1 Å². The topological polar surface area (TPSA) is 59.3 Å². The molecule has 0 saturated carbocycles. The molecule has 1 atom stereocenters. The molecule has 0 aliphatic rings. The smallest absolute Gasteiger partial charge is 0.204 e. The first-order valence-corrected chi connectivity index (χ1v) is 8.43. The van der Waals surface area contributed by atoms with E-state index in [1.54, 1.807) is 61.5 Å². The van der Waals surface area contributed by atoms with Gasteiger partial charge in [-0.3, -0.25) is 5.32 Å². The summed E-state index contributed by atoms with van der Waals surface area (Å²) in [5.74, 6) is 0.550. The number of hydrogen-bond donors (Lipinski definition) is 1. The summed E-state index contributed by atoms with van der Waals surface area (Å²) >= 11 is 0. The summed E-state index contributed by atoms with van der Waals surface area (Å²) in [6, 6.07) is 11.3. The number of hydrogen-bond acceptors (Lipinski definition) is 4. The molecular formula is C17H19NO3S. The van der Waals surface area contributed by atoms with Gasteiger partial charge in [-0.2, -0.15) is 0 Å². The second-order valence-electron chi connectivity index (χ2n) is 4.65. The van der Waals surface area contributed by atoms with E-state index >= 15 is 0 Å². The number of sulfone groups is 1. The number of nitrogens with one attached hydrogen (secondary N) is 1. The van der Waals surface area contributed by atoms with Crippen molar-refractivity contribution in [2.75, 3.05) is 6.54 Å². The molecule has 0 unspecified atom stereocenters. The maximum absolute atomic E-state index is 12.9. The van der Waals surface area contributed by atoms with Gasteiger partial charge in [0.05, 0.1) is 16.1 Å². The van der Waals surface area contributed by atoms with Crippen LogP contribution in [-0.4, -0.2) is 15.0 Å². The van der Waals surface area contributed by atoms with E-state index in [0.717, 1.165) is 0 Å². The van der Waals surface area contributed by atoms with Crippen molar-refractivity contribution in [1.29, 1.82) is 0 Å². The first kappa shape index (κ1) is 16.3. The van der Waals surface area contributed by atoms with E-state index < -0.39 is 15.9 Å². The zero-order chi connectivity index (χ0) is 16.0. The van der Waals surface area contributed by atoms with Crippen LogP contribution < -0.4 is 5.32 Å². The fourth-order valence-corrected chi connectivity index (χ4v) is 3.82. The molecule has 0 amide bonds. The predicted octanol–water partition coefficient (Wildman–Crippen LogP) is 3.47. The fraction of sp³-hybridized carbons (Fsp3) is 0.176. The van der Waals surface area contributed by atoms with Gasteiger partial charge in [0.1, 0.15) is 11.8 Å². The molecular weight excluding hydrogens is 298 g/mol. The molecule has 1 N–H and O–H groups in total. The van der Waals surface area contributed by atoms with Gasteiger partial charge in [-0.15, -0.1) is 6.58 Å². The first-order chi connectivity index (χ1) is 10.6. The van der Waals surface area contributed by atoms with Gasteiger partial charge in [0.15, 0.2) is 0 Å². The molecule has 116 valence electrons. The van der Waals surface area contributed by atoms with Crippen molar-refractivity contribution in [2.45, 2.75) is 17.9 Å². The molecule has 0 aliphatic heterocycles. The van der Waals surface area contributed by atoms with Gasteiger partial charge in [-0.25, -0.2) is 8.42 Å². The van der Waals surface area contributed by atoms with Gasteiger partial charge in [-0.1, -0.05) is 30.4 Å². The summed E-state index contributed by atoms with van der Waals surface area (Å²) < 4.78 is 31.2. The second kappa shape index (κ2) is 7.24. The van der Waals surface area contributed by atoms with Crippen LogP contribution in [0.1, 0.15) is 18.7 Å². The molecule has 0 fully saturated rings. The highest BCUT2D eigenvalue weighted by molar-refractivity contribution is 7.95. The maximum atomic E-state index is 12.9. The molecule has 0 bridgehead atoms. The van der Waals surface area contributed by atoms with E-state index in [2.05, 4.69) is 11.9 Å². The first-order valence-electron chi connectivity index (χ1n) is 6.95. The third-order valence-corrected chi connectivity index (χ3v) is 5.21. The average Bonchev–Trinajstić information content (AvgIpc) is 3.06. The summed E-state index contributed by atoms with van der Waals surface area (Å²) in [5.41, 5.74) is 0. The third-order valence-electron chi connectivity index (χ3n) is 3.23. The Morgan fingerprint density at radius 2 is 2.00 bits per heavy atom. The lowest BCUT2D eigenvalue weighted by molar-refractivity contribution is 0.456. The lowest BCUT2D eigenvalue weighted by Crippen LogP contribution is -2.26. The maximum Gasteiger partial charge on any atom is 0.204 e. The van der Waals surface area contributed by atoms with Crippen molar-refractivity contribution < 1.29 is 12.8 Å². The van der Waals surface area contributed by atoms with Gasteiger partial charge in [0.2, 0.25) is 9.84 Å². The predicted molar refractivity (Wildman–Crippen MR) is 87.0 cm³/mol. The number of benzene rings is 1. The Kier molecular flexibility index (Phi) is 5.35. The normalized spacial score (nSPS) is 13.8. The van der Waals surface area contributed by atoms with E-state index in [1.807, 2.05) is 0 Å². The molecule has 0 radical (unpaired) electrons. The standard InChI is InChI=1S/C17H19NO3S/c1-3-12-18-17(15-11-8-13-21-15)16(4-2)22(19,20)14-9-6-5-7-10-14/h3-11,13,17-18H,1,12H2,2H3/b16-4-/t17-/m1/s1. The zero-order valence-corrected chi connectivity index (χ0v) is 13.2. The molecule has 4 nitrogen and oxygen atoms in total. The minimum Gasteiger partial charge on any atom is -0.467 e. The largest absolute Gasteiger partial charge is 0.467 e. The molecule has 2 aromatic rings. The Balaban J connectivity index is 2.46. The van der Waals surface area contributed by atoms with Crippen LogP contribution in [0.15, 0.2) is 81.7 Å². The molecule has 22 heavy (non-hydrogen) atoms. The van der Waals surface area contributed by atoms with Gasteiger partial charge >= 0.3 is 0 Å². The van der Waals surface area contributed by atoms with Gasteiger partial charge < -0.3 is 4.42 Å². The highest BCUT2D eigenvalue weighted by Gasteiger charge is 2.29. The Morgan fingerprint density at radius 1 is 1.27 bits per heavy atom. The highest BCUT2D eigenvalue weighted by atomic mass is 32.2. The number of allylic oxidation sites excluding steroid dienone is 1. The molecule has 1 aromatic heterocycles. The quantitative estimate of drug-likeness (QED) is 0.794. The summed E-state index contributed by atoms with van der Waals surface area (Å²) in [5, 5.41) is 3.14. The van der Waals surface area contributed by atoms with Gasteiger partial charge in [0, 0.05) is 6.54 Å². The van der Waals surface area contributed by atoms with E-state index in [1.165, 1.54) is 6.26 Å². The van der Waals surface area contributed by atoms with Crippen molar-refractivity contribution in [2.24, 2.45) is 0 Å². The Morgan fingerprint density at radius 3 is 2.55 bits per heavy atom. The van der Waals surface area contributed by atoms with E-state index in [4.69, 9.17) is 4.42 Å². The molecule has 1 heterocycles. The molecule has 2 rings (SSSR count). The van der Waals surface area contributed by atoms with Gasteiger partial charge in [-0.05, 0) is 31.2 Å². The monoisotopic (exact) mass is 317 g/mol. The number of furan rings is 1. The summed E-state index contributed by atoms with van der Waals surface area (Å²) in [6.07, 6.45) is 4.81. The molecule has 0 aliphatic carbocycles. The molecule has 0 spiro atoms. The molecule has 0 saturated heterocycles. The zero-order valence-electron chi connectivity index (χ0n) is 12.4. The second-order valence-corrected chi connectivity index (χ2v) is 6.60. The van der Waals surface area contributed by atoms with Crippen molar-refractivity contribution in [3.8, 4) is 0 Å². The van der Waals surface area contributed by atoms with E-state index in [-0.39, 0.29) is 9.80 Å². The van der Waals surface area contributed by atoms with Crippen molar-refractivity contribution in [3.63, 3.8) is 0 Å². The Labute approximate surface area is 131 Å². The lowest BCUT2D eigenvalue weighted by atomic mass is 10.2. The minimum atomic E-state index is -3.60. The Hall–Kier alpha value is -2.11. The van der Waals surface area contributed by atoms with Crippen LogP contribution in [0.2, 0.25) is 0 Å². The minimum absolute atomic E-state index is 0.260. The van der Waals surface area contributed by atoms with Gasteiger partial charge in [0.25, 0.3) is 0 Å². The van der Waals surface area contributed by atoms with E-state index in [0.29, 0.717) is 12.3 Å². The van der Waals surface area contributed by atoms with Crippen LogP contribution in [0.4, 0.5) is 0 Å². The third kappa shape index (κ3) is 3.37. The summed E-state index contributed by atoms with van der Waals surface area (Å²) in [4.78, 5) is 0.524. The SMILES string of the molecule is C=CCN[C@@H](/C(=C/C)S(=O)(=O)c1ccccc1)c1ccco1.